The summed E-state index contributed by atoms with van der Waals surface area (Å²) < 4.78 is 44.5. The van der Waals surface area contributed by atoms with Crippen molar-refractivity contribution in [2.75, 3.05) is 0 Å². The van der Waals surface area contributed by atoms with Gasteiger partial charge >= 0.3 is 18.1 Å². The fourth-order valence-corrected chi connectivity index (χ4v) is 3.91. The van der Waals surface area contributed by atoms with Crippen molar-refractivity contribution in [1.29, 1.82) is 0 Å². The van der Waals surface area contributed by atoms with E-state index in [4.69, 9.17) is 4.52 Å². The molecule has 0 fully saturated rings. The molecule has 0 spiro atoms. The van der Waals surface area contributed by atoms with Crippen LogP contribution in [0.15, 0.2) is 53.1 Å². The van der Waals surface area contributed by atoms with E-state index in [0.29, 0.717) is 22.8 Å². The molecule has 10 heteroatoms. The number of benzene rings is 2. The largest absolute Gasteiger partial charge is 0.474 e. The monoisotopic (exact) mass is 517 g/mol. The third-order valence-electron chi connectivity index (χ3n) is 5.89. The SMILES string of the molecule is CCCCCCCCc1noc(-c2ccc(CN(Cc3cccc(C(F)(F)F)c3)C(=O)C(=O)O)cc2)n1. The van der Waals surface area contributed by atoms with Gasteiger partial charge in [-0.3, -0.25) is 4.79 Å². The molecule has 1 amide bonds. The number of nitrogens with zero attached hydrogens (tertiary/aromatic N) is 3. The number of carboxylic acids is 1. The van der Waals surface area contributed by atoms with Gasteiger partial charge in [0.2, 0.25) is 0 Å². The molecule has 0 saturated carbocycles. The van der Waals surface area contributed by atoms with Gasteiger partial charge in [-0.05, 0) is 41.8 Å². The maximum atomic E-state index is 13.0. The normalized spacial score (nSPS) is 11.5. The Labute approximate surface area is 213 Å². The lowest BCUT2D eigenvalue weighted by Crippen LogP contribution is -2.35. The molecule has 198 valence electrons. The van der Waals surface area contributed by atoms with Gasteiger partial charge in [-0.15, -0.1) is 0 Å². The summed E-state index contributed by atoms with van der Waals surface area (Å²) in [6.45, 7) is 1.79. The number of aryl methyl sites for hydroxylation is 1. The van der Waals surface area contributed by atoms with E-state index >= 15 is 0 Å². The van der Waals surface area contributed by atoms with E-state index in [1.807, 2.05) is 0 Å². The second-order valence-electron chi connectivity index (χ2n) is 8.89. The number of alkyl halides is 3. The van der Waals surface area contributed by atoms with Gasteiger partial charge < -0.3 is 14.5 Å². The molecule has 0 bridgehead atoms. The number of hydrogen-bond acceptors (Lipinski definition) is 5. The number of hydrogen-bond donors (Lipinski definition) is 1. The first-order chi connectivity index (χ1) is 17.7. The summed E-state index contributed by atoms with van der Waals surface area (Å²) >= 11 is 0. The topological polar surface area (TPSA) is 96.5 Å². The van der Waals surface area contributed by atoms with Crippen molar-refractivity contribution in [2.24, 2.45) is 0 Å². The quantitative estimate of drug-likeness (QED) is 0.225. The van der Waals surface area contributed by atoms with E-state index in [-0.39, 0.29) is 18.7 Å². The molecule has 3 rings (SSSR count). The summed E-state index contributed by atoms with van der Waals surface area (Å²) in [6, 6.07) is 11.3. The second-order valence-corrected chi connectivity index (χ2v) is 8.89. The molecule has 7 nitrogen and oxygen atoms in total. The Kier molecular flexibility index (Phi) is 9.82. The first-order valence-corrected chi connectivity index (χ1v) is 12.3. The number of carbonyl (C=O) groups is 2. The van der Waals surface area contributed by atoms with Gasteiger partial charge in [0.05, 0.1) is 5.56 Å². The zero-order valence-electron chi connectivity index (χ0n) is 20.6. The lowest BCUT2D eigenvalue weighted by atomic mass is 10.1. The molecule has 3 aromatic rings. The van der Waals surface area contributed by atoms with Crippen molar-refractivity contribution in [3.05, 3.63) is 71.0 Å². The van der Waals surface area contributed by atoms with Crippen LogP contribution in [-0.4, -0.2) is 32.0 Å². The smallest absolute Gasteiger partial charge is 0.416 e. The maximum Gasteiger partial charge on any atom is 0.416 e. The number of aliphatic carboxylic acids is 1. The third kappa shape index (κ3) is 8.44. The van der Waals surface area contributed by atoms with Crippen LogP contribution in [0.2, 0.25) is 0 Å². The van der Waals surface area contributed by atoms with E-state index in [1.165, 1.54) is 37.8 Å². The molecule has 37 heavy (non-hydrogen) atoms. The van der Waals surface area contributed by atoms with Crippen LogP contribution < -0.4 is 0 Å². The number of carbonyl (C=O) groups excluding carboxylic acids is 1. The summed E-state index contributed by atoms with van der Waals surface area (Å²) in [6.07, 6.45) is 3.16. The molecule has 0 aliphatic rings. The molecule has 1 N–H and O–H groups in total. The number of aromatic nitrogens is 2. The van der Waals surface area contributed by atoms with E-state index in [9.17, 15) is 27.9 Å². The van der Waals surface area contributed by atoms with E-state index in [1.54, 1.807) is 24.3 Å². The van der Waals surface area contributed by atoms with Crippen LogP contribution in [0.1, 0.15) is 68.0 Å². The highest BCUT2D eigenvalue weighted by Gasteiger charge is 2.31. The average molecular weight is 518 g/mol. The number of carboxylic acid groups (broad SMARTS) is 1. The van der Waals surface area contributed by atoms with Gasteiger partial charge in [-0.25, -0.2) is 4.79 Å². The van der Waals surface area contributed by atoms with Gasteiger partial charge in [0.25, 0.3) is 5.89 Å². The average Bonchev–Trinajstić information content (AvgIpc) is 3.34. The maximum absolute atomic E-state index is 13.0. The molecule has 0 saturated heterocycles. The summed E-state index contributed by atoms with van der Waals surface area (Å²) in [7, 11) is 0. The number of amides is 1. The van der Waals surface area contributed by atoms with E-state index in [2.05, 4.69) is 17.1 Å². The Hall–Kier alpha value is -3.69. The summed E-state index contributed by atoms with van der Waals surface area (Å²) in [5, 5.41) is 13.2. The highest BCUT2D eigenvalue weighted by molar-refractivity contribution is 6.31. The molecule has 2 aromatic carbocycles. The van der Waals surface area contributed by atoms with Crippen molar-refractivity contribution in [1.82, 2.24) is 15.0 Å². The first kappa shape index (κ1) is 27.9. The Balaban J connectivity index is 1.64. The van der Waals surface area contributed by atoms with Gasteiger partial charge in [0, 0.05) is 25.1 Å². The van der Waals surface area contributed by atoms with Crippen molar-refractivity contribution < 1.29 is 32.4 Å². The van der Waals surface area contributed by atoms with E-state index < -0.39 is 23.6 Å². The zero-order valence-corrected chi connectivity index (χ0v) is 20.6. The standard InChI is InChI=1S/C27H30F3N3O4/c1-2-3-4-5-6-7-11-23-31-24(37-32-23)21-14-12-19(13-15-21)17-33(25(34)26(35)36)18-20-9-8-10-22(16-20)27(28,29)30/h8-10,12-16H,2-7,11,17-18H2,1H3,(H,35,36). The molecule has 1 heterocycles. The zero-order chi connectivity index (χ0) is 26.8. The minimum Gasteiger partial charge on any atom is -0.474 e. The predicted molar refractivity (Wildman–Crippen MR) is 130 cm³/mol. The second kappa shape index (κ2) is 13.0. The van der Waals surface area contributed by atoms with Gasteiger partial charge in [-0.1, -0.05) is 68.4 Å². The Morgan fingerprint density at radius 3 is 2.30 bits per heavy atom. The number of rotatable bonds is 12. The lowest BCUT2D eigenvalue weighted by molar-refractivity contribution is -0.156. The molecular weight excluding hydrogens is 487 g/mol. The molecule has 0 aliphatic heterocycles. The number of unbranched alkanes of at least 4 members (excludes halogenated alkanes) is 5. The van der Waals surface area contributed by atoms with Crippen LogP contribution in [0.4, 0.5) is 13.2 Å². The summed E-state index contributed by atoms with van der Waals surface area (Å²) in [5.74, 6) is -1.91. The molecular formula is C27H30F3N3O4. The fourth-order valence-electron chi connectivity index (χ4n) is 3.91. The van der Waals surface area contributed by atoms with Crippen LogP contribution >= 0.6 is 0 Å². The van der Waals surface area contributed by atoms with Crippen LogP contribution in [0.3, 0.4) is 0 Å². The van der Waals surface area contributed by atoms with Crippen molar-refractivity contribution in [2.45, 2.75) is 71.1 Å². The summed E-state index contributed by atoms with van der Waals surface area (Å²) in [4.78, 5) is 29.0. The van der Waals surface area contributed by atoms with Crippen LogP contribution in [-0.2, 0) is 35.3 Å². The van der Waals surface area contributed by atoms with E-state index in [0.717, 1.165) is 36.3 Å². The van der Waals surface area contributed by atoms with Gasteiger partial charge in [0.1, 0.15) is 0 Å². The van der Waals surface area contributed by atoms with Crippen molar-refractivity contribution >= 4 is 11.9 Å². The molecule has 0 atom stereocenters. The fraction of sp³-hybridized carbons (Fsp3) is 0.407. The van der Waals surface area contributed by atoms with Crippen molar-refractivity contribution in [3.63, 3.8) is 0 Å². The minimum absolute atomic E-state index is 0.102. The van der Waals surface area contributed by atoms with Crippen LogP contribution in [0.25, 0.3) is 11.5 Å². The van der Waals surface area contributed by atoms with Crippen LogP contribution in [0.5, 0.6) is 0 Å². The van der Waals surface area contributed by atoms with Gasteiger partial charge in [0.15, 0.2) is 5.82 Å². The highest BCUT2D eigenvalue weighted by atomic mass is 19.4. The predicted octanol–water partition coefficient (Wildman–Crippen LogP) is 6.27. The Morgan fingerprint density at radius 1 is 0.946 bits per heavy atom. The molecule has 0 aliphatic carbocycles. The Morgan fingerprint density at radius 2 is 1.62 bits per heavy atom. The number of halogens is 3. The first-order valence-electron chi connectivity index (χ1n) is 12.3. The molecule has 0 radical (unpaired) electrons. The van der Waals surface area contributed by atoms with Crippen LogP contribution in [0, 0.1) is 0 Å². The Bertz CT molecular complexity index is 1180. The van der Waals surface area contributed by atoms with Gasteiger partial charge in [-0.2, -0.15) is 18.2 Å². The highest BCUT2D eigenvalue weighted by Crippen LogP contribution is 2.30. The van der Waals surface area contributed by atoms with Crippen molar-refractivity contribution in [3.8, 4) is 11.5 Å². The minimum atomic E-state index is -4.54. The third-order valence-corrected chi connectivity index (χ3v) is 5.89. The molecule has 1 aromatic heterocycles. The summed E-state index contributed by atoms with van der Waals surface area (Å²) in [5.41, 5.74) is 0.564. The lowest BCUT2D eigenvalue weighted by Gasteiger charge is -2.21. The molecule has 0 unspecified atom stereocenters.